The molecule has 0 saturated carbocycles. The highest BCUT2D eigenvalue weighted by Crippen LogP contribution is 2.48. The van der Waals surface area contributed by atoms with Crippen molar-refractivity contribution < 1.29 is 54.4 Å². The van der Waals surface area contributed by atoms with E-state index in [2.05, 4.69) is 28.6 Å². The minimum Gasteiger partial charge on any atom is -0.508 e. The molecule has 0 radical (unpaired) electrons. The van der Waals surface area contributed by atoms with Crippen molar-refractivity contribution in [2.75, 3.05) is 13.1 Å². The zero-order valence-corrected chi connectivity index (χ0v) is 31.3. The fourth-order valence-electron chi connectivity index (χ4n) is 8.85. The third kappa shape index (κ3) is 6.99. The number of ether oxygens (including phenoxy) is 3. The maximum absolute atomic E-state index is 12.8. The van der Waals surface area contributed by atoms with Crippen molar-refractivity contribution in [2.45, 2.75) is 61.3 Å². The van der Waals surface area contributed by atoms with Crippen molar-refractivity contribution in [2.24, 2.45) is 11.8 Å². The van der Waals surface area contributed by atoms with Crippen molar-refractivity contribution >= 4 is 22.8 Å². The number of nitrogens with zero attached hydrogens (tertiary/aromatic N) is 2. The van der Waals surface area contributed by atoms with Crippen LogP contribution >= 0.6 is 0 Å². The highest BCUT2D eigenvalue weighted by atomic mass is 16.7. The van der Waals surface area contributed by atoms with E-state index in [0.29, 0.717) is 34.1 Å². The molecule has 4 aromatic carbocycles. The van der Waals surface area contributed by atoms with Gasteiger partial charge in [0.15, 0.2) is 11.7 Å². The van der Waals surface area contributed by atoms with Gasteiger partial charge < -0.3 is 44.8 Å². The topological polar surface area (TPSA) is 199 Å². The summed E-state index contributed by atoms with van der Waals surface area (Å²) in [6.07, 6.45) is -2.93. The summed E-state index contributed by atoms with van der Waals surface area (Å²) in [5, 5.41) is 61.2. The molecule has 6 heterocycles. The van der Waals surface area contributed by atoms with Gasteiger partial charge in [-0.1, -0.05) is 66.7 Å². The number of aliphatic hydroxyl groups is 4. The first-order valence-corrected chi connectivity index (χ1v) is 19.2. The molecule has 11 unspecified atom stereocenters. The van der Waals surface area contributed by atoms with Gasteiger partial charge >= 0.3 is 11.9 Å². The molecule has 4 saturated heterocycles. The quantitative estimate of drug-likeness (QED) is 0.0963. The zero-order chi connectivity index (χ0) is 40.7. The third-order valence-electron chi connectivity index (χ3n) is 11.9. The molecule has 5 aliphatic rings. The van der Waals surface area contributed by atoms with E-state index in [1.807, 2.05) is 30.5 Å². The summed E-state index contributed by atoms with van der Waals surface area (Å²) in [6, 6.07) is 29.8. The number of phenolic OH excluding ortho intramolecular Hbond substituents is 1. The van der Waals surface area contributed by atoms with E-state index in [1.165, 1.54) is 30.7 Å². The molecule has 58 heavy (non-hydrogen) atoms. The van der Waals surface area contributed by atoms with E-state index in [-0.39, 0.29) is 17.5 Å². The number of piperidine rings is 3. The molecule has 13 nitrogen and oxygen atoms in total. The molecule has 0 aliphatic carbocycles. The number of aliphatic hydroxyl groups excluding tert-OH is 4. The van der Waals surface area contributed by atoms with E-state index >= 15 is 0 Å². The molecule has 13 heteroatoms. The Bertz CT molecular complexity index is 2300. The van der Waals surface area contributed by atoms with Crippen molar-refractivity contribution in [3.63, 3.8) is 0 Å². The predicted octanol–water partition coefficient (Wildman–Crippen LogP) is 4.29. The molecule has 5 aromatic rings. The van der Waals surface area contributed by atoms with E-state index in [1.54, 1.807) is 48.5 Å². The number of rotatable bonds is 8. The predicted molar refractivity (Wildman–Crippen MR) is 210 cm³/mol. The number of pyridine rings is 1. The lowest BCUT2D eigenvalue weighted by atomic mass is 9.73. The Hall–Kier alpha value is -5.67. The van der Waals surface area contributed by atoms with Gasteiger partial charge in [0.25, 0.3) is 0 Å². The van der Waals surface area contributed by atoms with E-state index < -0.39 is 54.3 Å². The Morgan fingerprint density at radius 3 is 2.29 bits per heavy atom. The first kappa shape index (κ1) is 39.2. The summed E-state index contributed by atoms with van der Waals surface area (Å²) in [4.78, 5) is 31.0. The molecule has 1 aromatic heterocycles. The molecule has 5 aliphatic heterocycles. The standard InChI is InChI=1S/C26H22O10.C19H22N2O/c27-15-9-5-13(6-10-15)26(18-4-2-1-3-17(18)24(33)36-26)14-7-11-16(12-8-14)34-25-21(30)19(28)20(29)22(35-25)23(31)32;1-2-13-12-21-10-8-14(13)11-18(21)19(22)16-7-9-20-17-6-4-3-5-15(16)17/h1-12,19-22,25,27-30H,(H,31,32);2-7,9,13-14,18-19,22H,1,8,10-12H2. The van der Waals surface area contributed by atoms with Crippen molar-refractivity contribution in [3.05, 3.63) is 150 Å². The molecule has 0 spiro atoms. The average molecular weight is 789 g/mol. The number of esters is 1. The van der Waals surface area contributed by atoms with Gasteiger partial charge in [0.1, 0.15) is 29.8 Å². The summed E-state index contributed by atoms with van der Waals surface area (Å²) in [7, 11) is 0. The third-order valence-corrected chi connectivity index (χ3v) is 11.9. The molecular weight excluding hydrogens is 744 g/mol. The van der Waals surface area contributed by atoms with Crippen LogP contribution in [0.2, 0.25) is 0 Å². The number of carboxylic acids is 1. The van der Waals surface area contributed by atoms with Gasteiger partial charge in [0, 0.05) is 40.9 Å². The van der Waals surface area contributed by atoms with Crippen LogP contribution in [-0.4, -0.2) is 102 Å². The molecule has 300 valence electrons. The number of hydrogen-bond acceptors (Lipinski definition) is 12. The molecule has 10 rings (SSSR count). The Morgan fingerprint density at radius 1 is 0.914 bits per heavy atom. The second-order valence-corrected chi connectivity index (χ2v) is 15.1. The SMILES string of the molecule is C=CC1CN2CCC1CC2C(O)c1ccnc2ccccc12.O=C1OC(c2ccc(O)cc2)(c2ccc(OC3OC(C(=O)O)C(O)C(O)C3O)cc2)c2ccccc21. The first-order chi connectivity index (χ1) is 28.0. The smallest absolute Gasteiger partial charge is 0.340 e. The van der Waals surface area contributed by atoms with Crippen LogP contribution < -0.4 is 4.74 Å². The Kier molecular flexibility index (Phi) is 10.8. The van der Waals surface area contributed by atoms with E-state index in [0.717, 1.165) is 36.0 Å². The Labute approximate surface area is 334 Å². The van der Waals surface area contributed by atoms with Crippen LogP contribution in [-0.2, 0) is 19.9 Å². The number of carbonyl (C=O) groups is 2. The second-order valence-electron chi connectivity index (χ2n) is 15.1. The summed E-state index contributed by atoms with van der Waals surface area (Å²) in [5.74, 6) is -0.552. The van der Waals surface area contributed by atoms with Crippen LogP contribution in [0.25, 0.3) is 10.9 Å². The number of cyclic esters (lactones) is 1. The van der Waals surface area contributed by atoms with Gasteiger partial charge in [0.05, 0.1) is 17.2 Å². The maximum Gasteiger partial charge on any atom is 0.340 e. The van der Waals surface area contributed by atoms with Crippen LogP contribution in [0.3, 0.4) is 0 Å². The lowest BCUT2D eigenvalue weighted by molar-refractivity contribution is -0.271. The van der Waals surface area contributed by atoms with Crippen LogP contribution in [0, 0.1) is 11.8 Å². The number of aromatic nitrogens is 1. The highest BCUT2D eigenvalue weighted by Gasteiger charge is 2.50. The van der Waals surface area contributed by atoms with Crippen molar-refractivity contribution in [3.8, 4) is 11.5 Å². The fraction of sp³-hybridized carbons (Fsp3) is 0.311. The van der Waals surface area contributed by atoms with Crippen LogP contribution in [0.5, 0.6) is 11.5 Å². The number of hydrogen-bond donors (Lipinski definition) is 6. The zero-order valence-electron chi connectivity index (χ0n) is 31.3. The first-order valence-electron chi connectivity index (χ1n) is 19.2. The lowest BCUT2D eigenvalue weighted by Crippen LogP contribution is -2.61. The minimum atomic E-state index is -1.83. The number of carboxylic acid groups (broad SMARTS) is 1. The molecule has 6 N–H and O–H groups in total. The largest absolute Gasteiger partial charge is 0.508 e. The minimum absolute atomic E-state index is 0.0493. The van der Waals surface area contributed by atoms with Gasteiger partial charge in [-0.25, -0.2) is 9.59 Å². The van der Waals surface area contributed by atoms with Gasteiger partial charge in [0.2, 0.25) is 6.29 Å². The van der Waals surface area contributed by atoms with Crippen LogP contribution in [0.15, 0.2) is 122 Å². The fourth-order valence-corrected chi connectivity index (χ4v) is 8.85. The Morgan fingerprint density at radius 2 is 1.60 bits per heavy atom. The molecule has 0 amide bonds. The lowest BCUT2D eigenvalue weighted by Gasteiger charge is -2.50. The summed E-state index contributed by atoms with van der Waals surface area (Å²) < 4.78 is 16.7. The molecule has 4 fully saturated rings. The molecule has 11 atom stereocenters. The van der Waals surface area contributed by atoms with E-state index in [9.17, 15) is 40.2 Å². The van der Waals surface area contributed by atoms with Crippen LogP contribution in [0.4, 0.5) is 0 Å². The number of benzene rings is 4. The number of phenols is 1. The second kappa shape index (κ2) is 15.9. The van der Waals surface area contributed by atoms with Gasteiger partial charge in [-0.3, -0.25) is 9.88 Å². The number of fused-ring (bicyclic) bond motifs is 5. The van der Waals surface area contributed by atoms with E-state index in [4.69, 9.17) is 14.2 Å². The summed E-state index contributed by atoms with van der Waals surface area (Å²) >= 11 is 0. The van der Waals surface area contributed by atoms with Gasteiger partial charge in [-0.2, -0.15) is 0 Å². The maximum atomic E-state index is 12.8. The number of aromatic hydroxyl groups is 1. The van der Waals surface area contributed by atoms with Gasteiger partial charge in [-0.05, 0) is 79.3 Å². The highest BCUT2D eigenvalue weighted by molar-refractivity contribution is 5.96. The summed E-state index contributed by atoms with van der Waals surface area (Å²) in [6.45, 7) is 6.11. The van der Waals surface area contributed by atoms with Gasteiger partial charge in [-0.15, -0.1) is 6.58 Å². The number of para-hydroxylation sites is 1. The van der Waals surface area contributed by atoms with Crippen molar-refractivity contribution in [1.29, 1.82) is 0 Å². The van der Waals surface area contributed by atoms with Crippen molar-refractivity contribution in [1.82, 2.24) is 9.88 Å². The normalized spacial score (nSPS) is 30.3. The number of aliphatic carboxylic acids is 1. The Balaban J connectivity index is 0.000000181. The molecular formula is C45H44N2O11. The molecule has 2 bridgehead atoms. The summed E-state index contributed by atoms with van der Waals surface area (Å²) in [5.41, 5.74) is 2.83. The monoisotopic (exact) mass is 788 g/mol. The average Bonchev–Trinajstić information content (AvgIpc) is 3.56. The number of carbonyl (C=O) groups excluding carboxylic acids is 1. The van der Waals surface area contributed by atoms with Crippen LogP contribution in [0.1, 0.15) is 51.6 Å².